The normalized spacial score (nSPS) is 12.0. The lowest BCUT2D eigenvalue weighted by molar-refractivity contribution is 0.474. The molecule has 2 aromatic rings. The van der Waals surface area contributed by atoms with Gasteiger partial charge in [-0.15, -0.1) is 0 Å². The van der Waals surface area contributed by atoms with Crippen LogP contribution in [0.2, 0.25) is 5.02 Å². The Morgan fingerprint density at radius 3 is 2.81 bits per heavy atom. The first-order valence-corrected chi connectivity index (χ1v) is 10.3. The smallest absolute Gasteiger partial charge is 0.0917 e. The van der Waals surface area contributed by atoms with E-state index in [2.05, 4.69) is 66.1 Å². The summed E-state index contributed by atoms with van der Waals surface area (Å²) < 4.78 is 0. The maximum absolute atomic E-state index is 6.39. The van der Waals surface area contributed by atoms with Crippen molar-refractivity contribution in [2.75, 3.05) is 6.54 Å². The third-order valence-corrected chi connectivity index (χ3v) is 5.10. The third kappa shape index (κ3) is 6.55. The molecule has 27 heavy (non-hydrogen) atoms. The molecule has 1 aromatic carbocycles. The van der Waals surface area contributed by atoms with Crippen LogP contribution in [-0.4, -0.2) is 17.6 Å². The summed E-state index contributed by atoms with van der Waals surface area (Å²) in [5, 5.41) is 12.0. The number of rotatable bonds is 13. The molecule has 0 aliphatic heterocycles. The van der Waals surface area contributed by atoms with Crippen LogP contribution in [0, 0.1) is 0 Å². The SMILES string of the molecule is C=CNCCCC(CC)NC(=C)NCc1cc2cc(Cl)c(CCC)cc2[nH]1. The molecule has 4 N–H and O–H groups in total. The number of nitrogens with one attached hydrogen (secondary N) is 4. The van der Waals surface area contributed by atoms with Crippen LogP contribution >= 0.6 is 11.6 Å². The minimum absolute atomic E-state index is 0.426. The van der Waals surface area contributed by atoms with Gasteiger partial charge in [0.2, 0.25) is 0 Å². The van der Waals surface area contributed by atoms with Crippen molar-refractivity contribution in [3.63, 3.8) is 0 Å². The van der Waals surface area contributed by atoms with Crippen LogP contribution in [0.5, 0.6) is 0 Å². The maximum Gasteiger partial charge on any atom is 0.0917 e. The number of aromatic amines is 1. The van der Waals surface area contributed by atoms with E-state index in [1.54, 1.807) is 6.20 Å². The van der Waals surface area contributed by atoms with E-state index in [0.717, 1.165) is 66.1 Å². The molecule has 148 valence electrons. The standard InChI is InChI=1S/C22H33ClN4/c1-5-9-17-14-22-18(13-21(17)23)12-20(27-22)15-25-16(4)26-19(6-2)10-8-11-24-7-3/h7,12-14,19,24-27H,3-6,8-11,15H2,1-2H3. The molecule has 0 radical (unpaired) electrons. The highest BCUT2D eigenvalue weighted by atomic mass is 35.5. The molecule has 0 saturated heterocycles. The quantitative estimate of drug-likeness (QED) is 0.356. The van der Waals surface area contributed by atoms with Crippen LogP contribution in [-0.2, 0) is 13.0 Å². The predicted octanol–water partition coefficient (Wildman–Crippen LogP) is 5.22. The van der Waals surface area contributed by atoms with Gasteiger partial charge in [0, 0.05) is 34.2 Å². The number of aromatic nitrogens is 1. The van der Waals surface area contributed by atoms with Crippen molar-refractivity contribution in [3.8, 4) is 0 Å². The van der Waals surface area contributed by atoms with E-state index in [1.807, 2.05) is 0 Å². The highest BCUT2D eigenvalue weighted by Gasteiger charge is 2.08. The van der Waals surface area contributed by atoms with Gasteiger partial charge in [-0.25, -0.2) is 0 Å². The number of halogens is 1. The fourth-order valence-electron chi connectivity index (χ4n) is 3.24. The molecule has 2 rings (SSSR count). The fraction of sp³-hybridized carbons (Fsp3) is 0.455. The molecule has 5 heteroatoms. The summed E-state index contributed by atoms with van der Waals surface area (Å²) in [6.07, 6.45) is 7.11. The first-order valence-electron chi connectivity index (χ1n) is 9.91. The summed E-state index contributed by atoms with van der Waals surface area (Å²) in [4.78, 5) is 3.48. The lowest BCUT2D eigenvalue weighted by Crippen LogP contribution is -2.34. The van der Waals surface area contributed by atoms with Gasteiger partial charge in [-0.2, -0.15) is 0 Å². The number of hydrogen-bond donors (Lipinski definition) is 4. The second-order valence-electron chi connectivity index (χ2n) is 6.96. The van der Waals surface area contributed by atoms with Crippen LogP contribution in [0.15, 0.2) is 43.4 Å². The summed E-state index contributed by atoms with van der Waals surface area (Å²) in [5.74, 6) is 0.863. The van der Waals surface area contributed by atoms with E-state index in [0.29, 0.717) is 12.6 Å². The van der Waals surface area contributed by atoms with E-state index >= 15 is 0 Å². The van der Waals surface area contributed by atoms with Crippen LogP contribution < -0.4 is 16.0 Å². The zero-order valence-corrected chi connectivity index (χ0v) is 17.4. The average molecular weight is 389 g/mol. The maximum atomic E-state index is 6.39. The summed E-state index contributed by atoms with van der Waals surface area (Å²) in [7, 11) is 0. The second kappa shape index (κ2) is 10.9. The van der Waals surface area contributed by atoms with Crippen LogP contribution in [0.4, 0.5) is 0 Å². The monoisotopic (exact) mass is 388 g/mol. The molecule has 0 aliphatic rings. The van der Waals surface area contributed by atoms with Gasteiger partial charge in [0.25, 0.3) is 0 Å². The fourth-order valence-corrected chi connectivity index (χ4v) is 3.51. The van der Waals surface area contributed by atoms with Crippen molar-refractivity contribution in [2.24, 2.45) is 0 Å². The van der Waals surface area contributed by atoms with Gasteiger partial charge in [0.15, 0.2) is 0 Å². The highest BCUT2D eigenvalue weighted by molar-refractivity contribution is 6.32. The van der Waals surface area contributed by atoms with Crippen LogP contribution in [0.25, 0.3) is 10.9 Å². The van der Waals surface area contributed by atoms with Crippen LogP contribution in [0.1, 0.15) is 50.8 Å². The molecular weight excluding hydrogens is 356 g/mol. The Kier molecular flexibility index (Phi) is 8.59. The van der Waals surface area contributed by atoms with E-state index in [1.165, 1.54) is 5.56 Å². The number of H-pyrrole nitrogens is 1. The van der Waals surface area contributed by atoms with Gasteiger partial charge in [-0.1, -0.05) is 45.0 Å². The van der Waals surface area contributed by atoms with E-state index in [4.69, 9.17) is 11.6 Å². The molecule has 4 nitrogen and oxygen atoms in total. The molecule has 0 spiro atoms. The Morgan fingerprint density at radius 2 is 2.11 bits per heavy atom. The minimum Gasteiger partial charge on any atom is -0.391 e. The Bertz CT molecular complexity index is 750. The van der Waals surface area contributed by atoms with Gasteiger partial charge < -0.3 is 20.9 Å². The molecular formula is C22H33ClN4. The van der Waals surface area contributed by atoms with Gasteiger partial charge in [0.05, 0.1) is 12.4 Å². The number of fused-ring (bicyclic) bond motifs is 1. The summed E-state index contributed by atoms with van der Waals surface area (Å²) in [5.41, 5.74) is 3.47. The average Bonchev–Trinajstić information content (AvgIpc) is 3.04. The largest absolute Gasteiger partial charge is 0.391 e. The van der Waals surface area contributed by atoms with Crippen molar-refractivity contribution >= 4 is 22.5 Å². The Hall–Kier alpha value is -2.07. The van der Waals surface area contributed by atoms with Gasteiger partial charge in [0.1, 0.15) is 0 Å². The number of aryl methyl sites for hydroxylation is 1. The summed E-state index contributed by atoms with van der Waals surface area (Å²) in [6.45, 7) is 13.8. The molecule has 1 heterocycles. The topological polar surface area (TPSA) is 51.9 Å². The predicted molar refractivity (Wildman–Crippen MR) is 118 cm³/mol. The molecule has 1 aromatic heterocycles. The molecule has 0 bridgehead atoms. The van der Waals surface area contributed by atoms with E-state index < -0.39 is 0 Å². The Labute approximate surface area is 168 Å². The Balaban J connectivity index is 1.87. The van der Waals surface area contributed by atoms with Crippen LogP contribution in [0.3, 0.4) is 0 Å². The molecule has 0 aliphatic carbocycles. The highest BCUT2D eigenvalue weighted by Crippen LogP contribution is 2.25. The third-order valence-electron chi connectivity index (χ3n) is 4.74. The Morgan fingerprint density at radius 1 is 1.30 bits per heavy atom. The molecule has 1 unspecified atom stereocenters. The zero-order chi connectivity index (χ0) is 19.6. The van der Waals surface area contributed by atoms with E-state index in [-0.39, 0.29) is 0 Å². The van der Waals surface area contributed by atoms with Crippen molar-refractivity contribution in [1.29, 1.82) is 0 Å². The van der Waals surface area contributed by atoms with Crippen molar-refractivity contribution in [3.05, 3.63) is 59.7 Å². The van der Waals surface area contributed by atoms with Gasteiger partial charge in [-0.05, 0) is 55.6 Å². The van der Waals surface area contributed by atoms with E-state index in [9.17, 15) is 0 Å². The lowest BCUT2D eigenvalue weighted by Gasteiger charge is -2.20. The van der Waals surface area contributed by atoms with Gasteiger partial charge in [-0.3, -0.25) is 0 Å². The molecule has 0 amide bonds. The van der Waals surface area contributed by atoms with Crippen molar-refractivity contribution in [2.45, 2.75) is 58.5 Å². The summed E-state index contributed by atoms with van der Waals surface area (Å²) >= 11 is 6.39. The first kappa shape index (κ1) is 21.2. The van der Waals surface area contributed by atoms with Gasteiger partial charge >= 0.3 is 0 Å². The first-order chi connectivity index (χ1) is 13.1. The lowest BCUT2D eigenvalue weighted by atomic mass is 10.1. The van der Waals surface area contributed by atoms with Crippen molar-refractivity contribution < 1.29 is 0 Å². The number of hydrogen-bond acceptors (Lipinski definition) is 3. The summed E-state index contributed by atoms with van der Waals surface area (Å²) in [6, 6.07) is 6.80. The second-order valence-corrected chi connectivity index (χ2v) is 7.36. The minimum atomic E-state index is 0.426. The molecule has 0 fully saturated rings. The molecule has 1 atom stereocenters. The van der Waals surface area contributed by atoms with Crippen molar-refractivity contribution in [1.82, 2.24) is 20.9 Å². The molecule has 0 saturated carbocycles. The zero-order valence-electron chi connectivity index (χ0n) is 16.6. The number of benzene rings is 1.